The highest BCUT2D eigenvalue weighted by atomic mass is 79.9. The second kappa shape index (κ2) is 7.64. The molecule has 0 saturated carbocycles. The standard InChI is InChI=1S/C18H13BrCl2N2O2S/c1-8-3-11(4-9(2)15(8)19)22-18-23-17(25)14(26-18)7-10-5-12(20)16(24)13(21)6-10/h3-7,24H,1-2H3,(H,22,23,25)/b14-7-. The average molecular weight is 472 g/mol. The Morgan fingerprint density at radius 2 is 1.73 bits per heavy atom. The Labute approximate surface area is 173 Å². The molecule has 26 heavy (non-hydrogen) atoms. The normalized spacial score (nSPS) is 17.2. The Bertz CT molecular complexity index is 943. The second-order valence-electron chi connectivity index (χ2n) is 5.71. The highest BCUT2D eigenvalue weighted by molar-refractivity contribution is 9.10. The number of hydrogen-bond donors (Lipinski definition) is 2. The lowest BCUT2D eigenvalue weighted by molar-refractivity contribution is -0.115. The quantitative estimate of drug-likeness (QED) is 0.530. The van der Waals surface area contributed by atoms with Gasteiger partial charge in [0.05, 0.1) is 20.6 Å². The van der Waals surface area contributed by atoms with E-state index in [4.69, 9.17) is 23.2 Å². The lowest BCUT2D eigenvalue weighted by Crippen LogP contribution is -2.19. The van der Waals surface area contributed by atoms with Crippen molar-refractivity contribution in [2.24, 2.45) is 4.99 Å². The molecule has 0 spiro atoms. The first-order valence-electron chi connectivity index (χ1n) is 7.49. The predicted octanol–water partition coefficient (Wildman–Crippen LogP) is 5.97. The Morgan fingerprint density at radius 3 is 2.31 bits per heavy atom. The summed E-state index contributed by atoms with van der Waals surface area (Å²) in [5.41, 5.74) is 3.53. The zero-order chi connectivity index (χ0) is 19.0. The van der Waals surface area contributed by atoms with E-state index >= 15 is 0 Å². The minimum atomic E-state index is -0.250. The number of aryl methyl sites for hydroxylation is 2. The number of nitrogens with zero attached hydrogens (tertiary/aromatic N) is 1. The summed E-state index contributed by atoms with van der Waals surface area (Å²) >= 11 is 16.6. The topological polar surface area (TPSA) is 61.7 Å². The van der Waals surface area contributed by atoms with Gasteiger partial charge in [0.15, 0.2) is 10.9 Å². The number of amides is 1. The minimum absolute atomic E-state index is 0.127. The average Bonchev–Trinajstić information content (AvgIpc) is 2.89. The van der Waals surface area contributed by atoms with Gasteiger partial charge in [-0.15, -0.1) is 0 Å². The number of aromatic hydroxyl groups is 1. The Morgan fingerprint density at radius 1 is 1.15 bits per heavy atom. The highest BCUT2D eigenvalue weighted by Crippen LogP contribution is 2.35. The zero-order valence-corrected chi connectivity index (χ0v) is 17.6. The fourth-order valence-corrected chi connectivity index (χ4v) is 3.98. The van der Waals surface area contributed by atoms with Gasteiger partial charge >= 0.3 is 0 Å². The van der Waals surface area contributed by atoms with E-state index in [9.17, 15) is 9.90 Å². The van der Waals surface area contributed by atoms with E-state index in [-0.39, 0.29) is 21.7 Å². The Kier molecular flexibility index (Phi) is 5.67. The fourth-order valence-electron chi connectivity index (χ4n) is 2.41. The molecule has 1 amide bonds. The molecule has 1 aliphatic rings. The molecular formula is C18H13BrCl2N2O2S. The molecule has 0 unspecified atom stereocenters. The summed E-state index contributed by atoms with van der Waals surface area (Å²) in [6, 6.07) is 6.97. The van der Waals surface area contributed by atoms with Crippen molar-refractivity contribution in [3.63, 3.8) is 0 Å². The summed E-state index contributed by atoms with van der Waals surface area (Å²) in [7, 11) is 0. The van der Waals surface area contributed by atoms with Crippen molar-refractivity contribution in [3.05, 3.63) is 60.4 Å². The van der Waals surface area contributed by atoms with Crippen LogP contribution in [0.2, 0.25) is 10.0 Å². The molecule has 1 fully saturated rings. The summed E-state index contributed by atoms with van der Waals surface area (Å²) in [5.74, 6) is -0.429. The van der Waals surface area contributed by atoms with E-state index in [1.165, 1.54) is 11.8 Å². The number of aliphatic imine (C=N–C) groups is 1. The van der Waals surface area contributed by atoms with Gasteiger partial charge in [-0.2, -0.15) is 0 Å². The highest BCUT2D eigenvalue weighted by Gasteiger charge is 2.24. The molecule has 0 radical (unpaired) electrons. The van der Waals surface area contributed by atoms with Crippen molar-refractivity contribution in [1.29, 1.82) is 0 Å². The number of carbonyl (C=O) groups is 1. The molecule has 8 heteroatoms. The molecule has 2 aromatic rings. The third-order valence-corrected chi connectivity index (χ3v) is 6.38. The van der Waals surface area contributed by atoms with Crippen LogP contribution in [0.3, 0.4) is 0 Å². The van der Waals surface area contributed by atoms with Crippen molar-refractivity contribution < 1.29 is 9.90 Å². The number of phenols is 1. The zero-order valence-electron chi connectivity index (χ0n) is 13.7. The van der Waals surface area contributed by atoms with Gasteiger partial charge in [0.2, 0.25) is 0 Å². The molecule has 0 aliphatic carbocycles. The number of rotatable bonds is 2. The van der Waals surface area contributed by atoms with Crippen LogP contribution in [0, 0.1) is 13.8 Å². The predicted molar refractivity (Wildman–Crippen MR) is 113 cm³/mol. The van der Waals surface area contributed by atoms with Crippen molar-refractivity contribution in [3.8, 4) is 5.75 Å². The van der Waals surface area contributed by atoms with Gasteiger partial charge < -0.3 is 10.4 Å². The fraction of sp³-hybridized carbons (Fsp3) is 0.111. The van der Waals surface area contributed by atoms with Crippen LogP contribution in [0.25, 0.3) is 6.08 Å². The van der Waals surface area contributed by atoms with Crippen molar-refractivity contribution >= 4 is 73.7 Å². The first-order valence-corrected chi connectivity index (χ1v) is 9.85. The van der Waals surface area contributed by atoms with Gasteiger partial charge in [-0.05, 0) is 72.6 Å². The molecule has 1 saturated heterocycles. The first kappa shape index (κ1) is 19.3. The summed E-state index contributed by atoms with van der Waals surface area (Å²) in [6.45, 7) is 3.98. The number of carbonyl (C=O) groups excluding carboxylic acids is 1. The maximum Gasteiger partial charge on any atom is 0.264 e. The first-order chi connectivity index (χ1) is 12.2. The van der Waals surface area contributed by atoms with Gasteiger partial charge in [-0.1, -0.05) is 39.1 Å². The van der Waals surface area contributed by atoms with Crippen LogP contribution in [-0.4, -0.2) is 16.2 Å². The van der Waals surface area contributed by atoms with Gasteiger partial charge in [-0.25, -0.2) is 4.99 Å². The molecule has 4 nitrogen and oxygen atoms in total. The van der Waals surface area contributed by atoms with E-state index in [1.54, 1.807) is 18.2 Å². The van der Waals surface area contributed by atoms with Crippen LogP contribution in [0.4, 0.5) is 5.69 Å². The molecular weight excluding hydrogens is 459 g/mol. The van der Waals surface area contributed by atoms with Crippen LogP contribution in [0.5, 0.6) is 5.75 Å². The smallest absolute Gasteiger partial charge is 0.264 e. The van der Waals surface area contributed by atoms with E-state index in [0.29, 0.717) is 15.6 Å². The van der Waals surface area contributed by atoms with Gasteiger partial charge in [0.1, 0.15) is 0 Å². The SMILES string of the molecule is Cc1cc(N=C2NC(=O)/C(=C/c3cc(Cl)c(O)c(Cl)c3)S2)cc(C)c1Br. The third-order valence-electron chi connectivity index (χ3n) is 3.64. The van der Waals surface area contributed by atoms with Crippen LogP contribution in [0.1, 0.15) is 16.7 Å². The van der Waals surface area contributed by atoms with Crippen LogP contribution in [-0.2, 0) is 4.79 Å². The van der Waals surface area contributed by atoms with Gasteiger partial charge in [0.25, 0.3) is 5.91 Å². The maximum atomic E-state index is 12.2. The molecule has 1 aliphatic heterocycles. The minimum Gasteiger partial charge on any atom is -0.505 e. The number of thioether (sulfide) groups is 1. The molecule has 0 aromatic heterocycles. The van der Waals surface area contributed by atoms with Crippen molar-refractivity contribution in [2.45, 2.75) is 13.8 Å². The van der Waals surface area contributed by atoms with E-state index in [0.717, 1.165) is 21.3 Å². The molecule has 2 aromatic carbocycles. The van der Waals surface area contributed by atoms with Gasteiger partial charge in [-0.3, -0.25) is 4.79 Å². The number of nitrogens with one attached hydrogen (secondary N) is 1. The third kappa shape index (κ3) is 4.09. The molecule has 134 valence electrons. The molecule has 0 bridgehead atoms. The van der Waals surface area contributed by atoms with Crippen LogP contribution >= 0.6 is 50.9 Å². The van der Waals surface area contributed by atoms with E-state index < -0.39 is 0 Å². The lowest BCUT2D eigenvalue weighted by Gasteiger charge is -2.05. The molecule has 3 rings (SSSR count). The lowest BCUT2D eigenvalue weighted by atomic mass is 10.1. The van der Waals surface area contributed by atoms with Crippen molar-refractivity contribution in [2.75, 3.05) is 0 Å². The number of amidine groups is 1. The van der Waals surface area contributed by atoms with E-state index in [2.05, 4.69) is 26.2 Å². The maximum absolute atomic E-state index is 12.2. The number of phenolic OH excluding ortho intramolecular Hbond substituents is 1. The second-order valence-corrected chi connectivity index (χ2v) is 8.35. The summed E-state index contributed by atoms with van der Waals surface area (Å²) in [5, 5.41) is 13.1. The summed E-state index contributed by atoms with van der Waals surface area (Å²) < 4.78 is 1.05. The van der Waals surface area contributed by atoms with Crippen LogP contribution < -0.4 is 5.32 Å². The Balaban J connectivity index is 1.89. The largest absolute Gasteiger partial charge is 0.505 e. The van der Waals surface area contributed by atoms with Crippen molar-refractivity contribution in [1.82, 2.24) is 5.32 Å². The molecule has 0 atom stereocenters. The monoisotopic (exact) mass is 470 g/mol. The number of halogens is 3. The van der Waals surface area contributed by atoms with E-state index in [1.807, 2.05) is 26.0 Å². The Hall–Kier alpha value is -1.47. The summed E-state index contributed by atoms with van der Waals surface area (Å²) in [4.78, 5) is 17.2. The summed E-state index contributed by atoms with van der Waals surface area (Å²) in [6.07, 6.45) is 1.65. The molecule has 2 N–H and O–H groups in total. The molecule has 1 heterocycles. The number of hydrogen-bond acceptors (Lipinski definition) is 4. The number of benzene rings is 2. The van der Waals surface area contributed by atoms with Gasteiger partial charge in [0, 0.05) is 4.47 Å². The van der Waals surface area contributed by atoms with Crippen LogP contribution in [0.15, 0.2) is 38.6 Å².